The average Bonchev–Trinajstić information content (AvgIpc) is 3.07. The molecule has 0 saturated heterocycles. The van der Waals surface area contributed by atoms with E-state index >= 15 is 0 Å². The van der Waals surface area contributed by atoms with E-state index in [4.69, 9.17) is 0 Å². The number of nitrogens with one attached hydrogen (secondary N) is 1. The smallest absolute Gasteiger partial charge is 0.267 e. The van der Waals surface area contributed by atoms with Gasteiger partial charge in [-0.1, -0.05) is 36.4 Å². The Kier molecular flexibility index (Phi) is 4.85. The third kappa shape index (κ3) is 3.65. The van der Waals surface area contributed by atoms with Gasteiger partial charge in [0, 0.05) is 17.7 Å². The number of nitrogens with zero attached hydrogens (tertiary/aromatic N) is 3. The van der Waals surface area contributed by atoms with Gasteiger partial charge in [0.2, 0.25) is 0 Å². The van der Waals surface area contributed by atoms with Crippen LogP contribution < -0.4 is 5.43 Å². The molecule has 0 spiro atoms. The number of nitro groups is 1. The molecule has 2 aromatic rings. The van der Waals surface area contributed by atoms with Gasteiger partial charge in [-0.2, -0.15) is 10.4 Å². The van der Waals surface area contributed by atoms with Gasteiger partial charge in [0.1, 0.15) is 11.6 Å². The van der Waals surface area contributed by atoms with Gasteiger partial charge in [0.05, 0.1) is 10.6 Å². The second kappa shape index (κ2) is 7.40. The summed E-state index contributed by atoms with van der Waals surface area (Å²) < 4.78 is 0. The zero-order valence-corrected chi connectivity index (χ0v) is 13.7. The first-order chi connectivity index (χ1) is 12.6. The molecule has 0 heterocycles. The van der Waals surface area contributed by atoms with Crippen LogP contribution in [0, 0.1) is 21.4 Å². The highest BCUT2D eigenvalue weighted by Gasteiger charge is 2.17. The number of non-ortho nitro benzene ring substituents is 1. The molecule has 1 aliphatic rings. The van der Waals surface area contributed by atoms with E-state index in [9.17, 15) is 20.2 Å². The molecule has 26 heavy (non-hydrogen) atoms. The molecule has 0 aliphatic heterocycles. The minimum atomic E-state index is -0.657. The maximum atomic E-state index is 12.2. The molecule has 0 aromatic heterocycles. The Hall–Kier alpha value is -3.79. The van der Waals surface area contributed by atoms with Crippen molar-refractivity contribution in [3.63, 3.8) is 0 Å². The number of hydrogen-bond acceptors (Lipinski definition) is 5. The van der Waals surface area contributed by atoms with Gasteiger partial charge in [0.25, 0.3) is 11.6 Å². The van der Waals surface area contributed by atoms with Crippen molar-refractivity contribution in [2.24, 2.45) is 5.10 Å². The Morgan fingerprint density at radius 1 is 1.23 bits per heavy atom. The number of carbonyl (C=O) groups is 1. The number of benzene rings is 2. The number of fused-ring (bicyclic) bond motifs is 1. The van der Waals surface area contributed by atoms with Crippen LogP contribution >= 0.6 is 0 Å². The largest absolute Gasteiger partial charge is 0.282 e. The summed E-state index contributed by atoms with van der Waals surface area (Å²) in [6.07, 6.45) is 2.88. The topological polar surface area (TPSA) is 108 Å². The lowest BCUT2D eigenvalue weighted by molar-refractivity contribution is -0.384. The molecule has 2 aromatic carbocycles. The summed E-state index contributed by atoms with van der Waals surface area (Å²) in [6.45, 7) is 0. The van der Waals surface area contributed by atoms with Crippen LogP contribution in [0.4, 0.5) is 5.69 Å². The first-order valence-corrected chi connectivity index (χ1v) is 7.90. The summed E-state index contributed by atoms with van der Waals surface area (Å²) in [7, 11) is 0. The Morgan fingerprint density at radius 3 is 2.81 bits per heavy atom. The van der Waals surface area contributed by atoms with Crippen molar-refractivity contribution in [1.29, 1.82) is 5.26 Å². The number of nitriles is 1. The predicted molar refractivity (Wildman–Crippen MR) is 96.1 cm³/mol. The SMILES string of the molecule is N#CC(=Cc1cccc([N+](=O)[O-])c1)C(=O)NN=C1CCc2ccccc21. The summed E-state index contributed by atoms with van der Waals surface area (Å²) in [5, 5.41) is 24.2. The van der Waals surface area contributed by atoms with Crippen LogP contribution in [0.3, 0.4) is 0 Å². The fourth-order valence-corrected chi connectivity index (χ4v) is 2.75. The normalized spacial score (nSPS) is 14.6. The first kappa shape index (κ1) is 17.0. The van der Waals surface area contributed by atoms with Crippen LogP contribution in [0.1, 0.15) is 23.1 Å². The molecule has 0 unspecified atom stereocenters. The van der Waals surface area contributed by atoms with E-state index in [1.165, 1.54) is 29.8 Å². The number of amides is 1. The molecule has 7 heteroatoms. The molecular weight excluding hydrogens is 332 g/mol. The van der Waals surface area contributed by atoms with Crippen LogP contribution in [0.25, 0.3) is 6.08 Å². The van der Waals surface area contributed by atoms with Gasteiger partial charge in [-0.25, -0.2) is 5.43 Å². The van der Waals surface area contributed by atoms with Crippen molar-refractivity contribution < 1.29 is 9.72 Å². The predicted octanol–water partition coefficient (Wildman–Crippen LogP) is 2.97. The lowest BCUT2D eigenvalue weighted by Gasteiger charge is -2.02. The van der Waals surface area contributed by atoms with Crippen molar-refractivity contribution in [2.75, 3.05) is 0 Å². The van der Waals surface area contributed by atoms with Crippen molar-refractivity contribution in [1.82, 2.24) is 5.43 Å². The van der Waals surface area contributed by atoms with Gasteiger partial charge >= 0.3 is 0 Å². The van der Waals surface area contributed by atoms with Gasteiger partial charge < -0.3 is 0 Å². The molecular formula is C19H14N4O3. The standard InChI is InChI=1S/C19H14N4O3/c20-12-15(10-13-4-3-6-16(11-13)23(25)26)19(24)22-21-18-9-8-14-5-1-2-7-17(14)18/h1-7,10-11H,8-9H2,(H,22,24). The minimum Gasteiger partial charge on any atom is -0.267 e. The van der Waals surface area contributed by atoms with Gasteiger partial charge in [-0.15, -0.1) is 0 Å². The Balaban J connectivity index is 1.78. The molecule has 0 radical (unpaired) electrons. The fourth-order valence-electron chi connectivity index (χ4n) is 2.75. The zero-order valence-electron chi connectivity index (χ0n) is 13.7. The Morgan fingerprint density at radius 2 is 2.04 bits per heavy atom. The molecule has 7 nitrogen and oxygen atoms in total. The van der Waals surface area contributed by atoms with E-state index in [-0.39, 0.29) is 11.3 Å². The van der Waals surface area contributed by atoms with Crippen molar-refractivity contribution in [3.8, 4) is 6.07 Å². The third-order valence-corrected chi connectivity index (χ3v) is 4.01. The van der Waals surface area contributed by atoms with E-state index in [1.807, 2.05) is 24.3 Å². The molecule has 128 valence electrons. The summed E-state index contributed by atoms with van der Waals surface area (Å²) in [5.41, 5.74) is 5.43. The van der Waals surface area contributed by atoms with Crippen molar-refractivity contribution >= 4 is 23.4 Å². The highest BCUT2D eigenvalue weighted by molar-refractivity contribution is 6.06. The lowest BCUT2D eigenvalue weighted by Crippen LogP contribution is -2.20. The molecule has 3 rings (SSSR count). The molecule has 1 aliphatic carbocycles. The highest BCUT2D eigenvalue weighted by atomic mass is 16.6. The highest BCUT2D eigenvalue weighted by Crippen LogP contribution is 2.21. The molecule has 0 saturated carbocycles. The molecule has 0 atom stereocenters. The van der Waals surface area contributed by atoms with E-state index < -0.39 is 10.8 Å². The van der Waals surface area contributed by atoms with Crippen LogP contribution in [-0.4, -0.2) is 16.5 Å². The number of aryl methyl sites for hydroxylation is 1. The number of rotatable bonds is 4. The van der Waals surface area contributed by atoms with Crippen molar-refractivity contribution in [2.45, 2.75) is 12.8 Å². The van der Waals surface area contributed by atoms with E-state index in [0.717, 1.165) is 24.1 Å². The number of hydrazone groups is 1. The maximum absolute atomic E-state index is 12.2. The van der Waals surface area contributed by atoms with Crippen LogP contribution in [-0.2, 0) is 11.2 Å². The fraction of sp³-hybridized carbons (Fsp3) is 0.105. The van der Waals surface area contributed by atoms with Gasteiger partial charge in [-0.3, -0.25) is 14.9 Å². The van der Waals surface area contributed by atoms with E-state index in [1.54, 1.807) is 12.1 Å². The maximum Gasteiger partial charge on any atom is 0.282 e. The zero-order chi connectivity index (χ0) is 18.5. The minimum absolute atomic E-state index is 0.112. The molecule has 1 N–H and O–H groups in total. The quantitative estimate of drug-likeness (QED) is 0.397. The first-order valence-electron chi connectivity index (χ1n) is 7.90. The van der Waals surface area contributed by atoms with Crippen LogP contribution in [0.5, 0.6) is 0 Å². The summed E-state index contributed by atoms with van der Waals surface area (Å²) >= 11 is 0. The second-order valence-corrected chi connectivity index (χ2v) is 5.68. The lowest BCUT2D eigenvalue weighted by atomic mass is 10.1. The summed E-state index contributed by atoms with van der Waals surface area (Å²) in [4.78, 5) is 22.5. The second-order valence-electron chi connectivity index (χ2n) is 5.68. The van der Waals surface area contributed by atoms with E-state index in [2.05, 4.69) is 10.5 Å². The molecule has 0 bridgehead atoms. The van der Waals surface area contributed by atoms with Gasteiger partial charge in [0.15, 0.2) is 0 Å². The third-order valence-electron chi connectivity index (χ3n) is 4.01. The van der Waals surface area contributed by atoms with Crippen LogP contribution in [0.2, 0.25) is 0 Å². The number of carbonyl (C=O) groups excluding carboxylic acids is 1. The van der Waals surface area contributed by atoms with Gasteiger partial charge in [-0.05, 0) is 30.0 Å². The van der Waals surface area contributed by atoms with Crippen LogP contribution in [0.15, 0.2) is 59.2 Å². The van der Waals surface area contributed by atoms with Crippen molar-refractivity contribution in [3.05, 3.63) is 80.9 Å². The molecule has 0 fully saturated rings. The Bertz CT molecular complexity index is 986. The average molecular weight is 346 g/mol. The summed E-state index contributed by atoms with van der Waals surface area (Å²) in [6, 6.07) is 15.3. The number of nitro benzene ring substituents is 1. The number of hydrogen-bond donors (Lipinski definition) is 1. The van der Waals surface area contributed by atoms with E-state index in [0.29, 0.717) is 5.56 Å². The Labute approximate surface area is 149 Å². The monoisotopic (exact) mass is 346 g/mol. The summed E-state index contributed by atoms with van der Waals surface area (Å²) in [5.74, 6) is -0.657. The molecule has 1 amide bonds.